The van der Waals surface area contributed by atoms with E-state index in [1.54, 1.807) is 36.4 Å². The number of nitrogens with zero attached hydrogens (tertiary/aromatic N) is 1. The van der Waals surface area contributed by atoms with Gasteiger partial charge in [-0.15, -0.1) is 23.1 Å². The largest absolute Gasteiger partial charge is 0.478 e. The zero-order chi connectivity index (χ0) is 24.8. The van der Waals surface area contributed by atoms with E-state index < -0.39 is 17.1 Å². The Labute approximate surface area is 210 Å². The number of carbonyl (C=O) groups excluding carboxylic acids is 2. The van der Waals surface area contributed by atoms with Crippen molar-refractivity contribution in [2.24, 2.45) is 0 Å². The molecule has 2 amide bonds. The Morgan fingerprint density at radius 1 is 0.886 bits per heavy atom. The van der Waals surface area contributed by atoms with Crippen molar-refractivity contribution in [3.8, 4) is 0 Å². The molecule has 0 aliphatic rings. The molecule has 1 heterocycles. The van der Waals surface area contributed by atoms with E-state index >= 15 is 0 Å². The highest BCUT2D eigenvalue weighted by Crippen LogP contribution is 2.37. The third kappa shape index (κ3) is 6.14. The molecular formula is C26H21N3O4S2. The minimum absolute atomic E-state index is 0.0654. The normalized spacial score (nSPS) is 11.5. The summed E-state index contributed by atoms with van der Waals surface area (Å²) in [5, 5.41) is 16.9. The lowest BCUT2D eigenvalue weighted by atomic mass is 10.1. The molecule has 3 aromatic carbocycles. The van der Waals surface area contributed by atoms with E-state index in [1.807, 2.05) is 42.6 Å². The summed E-state index contributed by atoms with van der Waals surface area (Å²) in [5.74, 6) is -1.86. The average Bonchev–Trinajstić information content (AvgIpc) is 3.28. The number of aryl methyl sites for hydroxylation is 1. The highest BCUT2D eigenvalue weighted by atomic mass is 32.2. The van der Waals surface area contributed by atoms with Gasteiger partial charge in [-0.05, 0) is 48.9 Å². The first-order valence-electron chi connectivity index (χ1n) is 10.6. The van der Waals surface area contributed by atoms with Gasteiger partial charge >= 0.3 is 5.97 Å². The van der Waals surface area contributed by atoms with Crippen molar-refractivity contribution in [1.29, 1.82) is 0 Å². The molecule has 1 aromatic heterocycles. The van der Waals surface area contributed by atoms with Crippen LogP contribution in [-0.2, 0) is 4.79 Å². The molecule has 35 heavy (non-hydrogen) atoms. The van der Waals surface area contributed by atoms with Gasteiger partial charge in [0.2, 0.25) is 5.91 Å². The number of nitrogens with one attached hydrogen (secondary N) is 2. The molecule has 1 atom stereocenters. The van der Waals surface area contributed by atoms with Crippen LogP contribution < -0.4 is 10.6 Å². The van der Waals surface area contributed by atoms with Crippen LogP contribution in [0.2, 0.25) is 0 Å². The zero-order valence-electron chi connectivity index (χ0n) is 18.6. The third-order valence-electron chi connectivity index (χ3n) is 4.96. The summed E-state index contributed by atoms with van der Waals surface area (Å²) in [7, 11) is 0. The number of aromatic nitrogens is 1. The maximum absolute atomic E-state index is 13.1. The Morgan fingerprint density at radius 2 is 1.54 bits per heavy atom. The van der Waals surface area contributed by atoms with E-state index in [2.05, 4.69) is 15.6 Å². The Kier molecular flexibility index (Phi) is 7.59. The van der Waals surface area contributed by atoms with Crippen LogP contribution in [-0.4, -0.2) is 27.9 Å². The highest BCUT2D eigenvalue weighted by Gasteiger charge is 2.23. The minimum atomic E-state index is -1.17. The molecule has 0 saturated heterocycles. The van der Waals surface area contributed by atoms with E-state index in [1.165, 1.54) is 35.2 Å². The minimum Gasteiger partial charge on any atom is -0.478 e. The quantitative estimate of drug-likeness (QED) is 0.259. The standard InChI is InChI=1S/C26H21N3O4S2/c1-16-15-34-26(27-16)29-24(31)22(17-7-3-2-4-8-17)35-19-13-11-18(12-14-19)28-23(30)20-9-5-6-10-21(20)25(32)33/h2-15,22H,1H3,(H,28,30)(H,32,33)(H,27,29,31). The summed E-state index contributed by atoms with van der Waals surface area (Å²) in [5.41, 5.74) is 2.23. The molecule has 4 aromatic rings. The Bertz CT molecular complexity index is 1350. The second kappa shape index (κ2) is 11.0. The molecule has 3 N–H and O–H groups in total. The van der Waals surface area contributed by atoms with Crippen LogP contribution in [0.5, 0.6) is 0 Å². The SMILES string of the molecule is Cc1csc(NC(=O)C(Sc2ccc(NC(=O)c3ccccc3C(=O)O)cc2)c2ccccc2)n1. The molecular weight excluding hydrogens is 482 g/mol. The fraction of sp³-hybridized carbons (Fsp3) is 0.0769. The third-order valence-corrected chi connectivity index (χ3v) is 7.10. The van der Waals surface area contributed by atoms with Gasteiger partial charge in [-0.25, -0.2) is 9.78 Å². The van der Waals surface area contributed by atoms with Gasteiger partial charge in [0.15, 0.2) is 5.13 Å². The monoisotopic (exact) mass is 503 g/mol. The molecule has 0 aliphatic heterocycles. The topological polar surface area (TPSA) is 108 Å². The number of benzene rings is 3. The van der Waals surface area contributed by atoms with Crippen LogP contribution in [0.15, 0.2) is 89.1 Å². The zero-order valence-corrected chi connectivity index (χ0v) is 20.2. The number of hydrogen-bond donors (Lipinski definition) is 3. The molecule has 1 unspecified atom stereocenters. The first kappa shape index (κ1) is 24.2. The maximum atomic E-state index is 13.1. The van der Waals surface area contributed by atoms with E-state index in [9.17, 15) is 19.5 Å². The first-order valence-corrected chi connectivity index (χ1v) is 12.3. The molecule has 0 saturated carbocycles. The van der Waals surface area contributed by atoms with Gasteiger partial charge in [-0.3, -0.25) is 9.59 Å². The van der Waals surface area contributed by atoms with Crippen molar-refractivity contribution < 1.29 is 19.5 Å². The fourth-order valence-electron chi connectivity index (χ4n) is 3.30. The van der Waals surface area contributed by atoms with E-state index in [-0.39, 0.29) is 17.0 Å². The smallest absolute Gasteiger partial charge is 0.336 e. The number of aromatic carboxylic acids is 1. The van der Waals surface area contributed by atoms with Gasteiger partial charge in [-0.2, -0.15) is 0 Å². The summed E-state index contributed by atoms with van der Waals surface area (Å²) < 4.78 is 0. The predicted octanol–water partition coefficient (Wildman–Crippen LogP) is 5.87. The summed E-state index contributed by atoms with van der Waals surface area (Å²) in [6, 6.07) is 22.6. The number of thioether (sulfide) groups is 1. The van der Waals surface area contributed by atoms with E-state index in [0.29, 0.717) is 10.8 Å². The van der Waals surface area contributed by atoms with Crippen molar-refractivity contribution >= 4 is 51.7 Å². The number of carboxylic acid groups (broad SMARTS) is 1. The number of carbonyl (C=O) groups is 3. The van der Waals surface area contributed by atoms with Crippen molar-refractivity contribution in [2.75, 3.05) is 10.6 Å². The lowest BCUT2D eigenvalue weighted by Crippen LogP contribution is -2.19. The average molecular weight is 504 g/mol. The van der Waals surface area contributed by atoms with E-state index in [0.717, 1.165) is 16.2 Å². The molecule has 9 heteroatoms. The van der Waals surface area contributed by atoms with Gasteiger partial charge in [-0.1, -0.05) is 42.5 Å². The number of anilines is 2. The van der Waals surface area contributed by atoms with Gasteiger partial charge < -0.3 is 15.7 Å². The molecule has 0 spiro atoms. The second-order valence-electron chi connectivity index (χ2n) is 7.52. The maximum Gasteiger partial charge on any atom is 0.336 e. The van der Waals surface area contributed by atoms with Crippen LogP contribution in [0.25, 0.3) is 0 Å². The Hall–Kier alpha value is -3.95. The van der Waals surface area contributed by atoms with Crippen molar-refractivity contribution in [2.45, 2.75) is 17.1 Å². The van der Waals surface area contributed by atoms with Crippen molar-refractivity contribution in [3.63, 3.8) is 0 Å². The molecule has 0 bridgehead atoms. The second-order valence-corrected chi connectivity index (χ2v) is 9.56. The molecule has 0 radical (unpaired) electrons. The van der Waals surface area contributed by atoms with Crippen molar-refractivity contribution in [1.82, 2.24) is 4.98 Å². The van der Waals surface area contributed by atoms with E-state index in [4.69, 9.17) is 0 Å². The van der Waals surface area contributed by atoms with Crippen LogP contribution in [0.1, 0.15) is 37.2 Å². The Balaban J connectivity index is 1.49. The van der Waals surface area contributed by atoms with Gasteiger partial charge in [0.1, 0.15) is 5.25 Å². The number of amides is 2. The number of rotatable bonds is 8. The number of carboxylic acids is 1. The molecule has 0 aliphatic carbocycles. The highest BCUT2D eigenvalue weighted by molar-refractivity contribution is 8.00. The summed E-state index contributed by atoms with van der Waals surface area (Å²) in [4.78, 5) is 42.3. The lowest BCUT2D eigenvalue weighted by Gasteiger charge is -2.16. The summed E-state index contributed by atoms with van der Waals surface area (Å²) in [6.45, 7) is 1.87. The summed E-state index contributed by atoms with van der Waals surface area (Å²) in [6.07, 6.45) is 0. The van der Waals surface area contributed by atoms with Crippen LogP contribution >= 0.6 is 23.1 Å². The molecule has 4 rings (SSSR count). The number of thiazole rings is 1. The molecule has 7 nitrogen and oxygen atoms in total. The lowest BCUT2D eigenvalue weighted by molar-refractivity contribution is -0.115. The predicted molar refractivity (Wildman–Crippen MR) is 138 cm³/mol. The number of hydrogen-bond acceptors (Lipinski definition) is 6. The fourth-order valence-corrected chi connectivity index (χ4v) is 5.02. The van der Waals surface area contributed by atoms with Crippen molar-refractivity contribution in [3.05, 3.63) is 107 Å². The van der Waals surface area contributed by atoms with Gasteiger partial charge in [0.05, 0.1) is 16.8 Å². The van der Waals surface area contributed by atoms with Crippen LogP contribution in [0.3, 0.4) is 0 Å². The first-order chi connectivity index (χ1) is 16.9. The van der Waals surface area contributed by atoms with Gasteiger partial charge in [0, 0.05) is 16.0 Å². The van der Waals surface area contributed by atoms with Gasteiger partial charge in [0.25, 0.3) is 5.91 Å². The summed E-state index contributed by atoms with van der Waals surface area (Å²) >= 11 is 2.76. The van der Waals surface area contributed by atoms with Crippen LogP contribution in [0, 0.1) is 6.92 Å². The molecule has 176 valence electrons. The van der Waals surface area contributed by atoms with Crippen LogP contribution in [0.4, 0.5) is 10.8 Å². The molecule has 0 fully saturated rings. The Morgan fingerprint density at radius 3 is 2.17 bits per heavy atom.